The highest BCUT2D eigenvalue weighted by atomic mass is 16.2. The van der Waals surface area contributed by atoms with Crippen LogP contribution in [-0.4, -0.2) is 71.7 Å². The van der Waals surface area contributed by atoms with Gasteiger partial charge in [-0.15, -0.1) is 0 Å². The van der Waals surface area contributed by atoms with Gasteiger partial charge in [-0.05, 0) is 36.9 Å². The van der Waals surface area contributed by atoms with E-state index in [9.17, 15) is 14.4 Å². The second-order valence-corrected chi connectivity index (χ2v) is 7.80. The molecule has 2 aliphatic rings. The molecule has 0 aliphatic carbocycles. The van der Waals surface area contributed by atoms with Crippen LogP contribution in [-0.2, 0) is 4.79 Å². The van der Waals surface area contributed by atoms with Crippen LogP contribution in [0.15, 0.2) is 36.4 Å². The lowest BCUT2D eigenvalue weighted by Crippen LogP contribution is -2.49. The third-order valence-corrected chi connectivity index (χ3v) is 5.89. The number of hydrogen-bond donors (Lipinski definition) is 0. The van der Waals surface area contributed by atoms with E-state index in [0.29, 0.717) is 24.0 Å². The van der Waals surface area contributed by atoms with Gasteiger partial charge in [0.2, 0.25) is 5.91 Å². The van der Waals surface area contributed by atoms with Crippen molar-refractivity contribution >= 4 is 28.5 Å². The predicted octanol–water partition coefficient (Wildman–Crippen LogP) is 2.77. The van der Waals surface area contributed by atoms with Gasteiger partial charge in [0, 0.05) is 55.7 Å². The minimum absolute atomic E-state index is 0.112. The van der Waals surface area contributed by atoms with Crippen molar-refractivity contribution in [3.05, 3.63) is 47.5 Å². The first-order valence-electron chi connectivity index (χ1n) is 10.5. The van der Waals surface area contributed by atoms with Crippen LogP contribution >= 0.6 is 0 Å². The zero-order valence-electron chi connectivity index (χ0n) is 16.9. The summed E-state index contributed by atoms with van der Waals surface area (Å²) in [4.78, 5) is 43.9. The molecule has 1 saturated heterocycles. The molecule has 2 aromatic rings. The Morgan fingerprint density at radius 3 is 2.10 bits per heavy atom. The van der Waals surface area contributed by atoms with Crippen molar-refractivity contribution in [2.24, 2.45) is 0 Å². The highest BCUT2D eigenvalue weighted by Gasteiger charge is 2.32. The van der Waals surface area contributed by atoms with Gasteiger partial charge in [0.15, 0.2) is 0 Å². The molecule has 2 aromatic carbocycles. The minimum atomic E-state index is -0.264. The average molecular weight is 393 g/mol. The molecule has 0 bridgehead atoms. The molecule has 2 aliphatic heterocycles. The third-order valence-electron chi connectivity index (χ3n) is 5.89. The second-order valence-electron chi connectivity index (χ2n) is 7.80. The first kappa shape index (κ1) is 19.6. The second kappa shape index (κ2) is 8.33. The summed E-state index contributed by atoms with van der Waals surface area (Å²) in [7, 11) is 0. The van der Waals surface area contributed by atoms with Crippen LogP contribution in [0.25, 0.3) is 10.8 Å². The highest BCUT2D eigenvalue weighted by molar-refractivity contribution is 6.25. The molecule has 4 rings (SSSR count). The van der Waals surface area contributed by atoms with Gasteiger partial charge in [-0.1, -0.05) is 31.2 Å². The Morgan fingerprint density at radius 1 is 0.897 bits per heavy atom. The van der Waals surface area contributed by atoms with Crippen LogP contribution < -0.4 is 0 Å². The van der Waals surface area contributed by atoms with Crippen LogP contribution in [0.1, 0.15) is 46.9 Å². The highest BCUT2D eigenvalue weighted by Crippen LogP contribution is 2.30. The number of amides is 3. The van der Waals surface area contributed by atoms with E-state index in [4.69, 9.17) is 0 Å². The van der Waals surface area contributed by atoms with Crippen LogP contribution in [0.3, 0.4) is 0 Å². The van der Waals surface area contributed by atoms with Gasteiger partial charge in [0.1, 0.15) is 0 Å². The Kier molecular flexibility index (Phi) is 5.62. The molecule has 3 amide bonds. The van der Waals surface area contributed by atoms with Gasteiger partial charge in [-0.2, -0.15) is 0 Å². The molecule has 29 heavy (non-hydrogen) atoms. The van der Waals surface area contributed by atoms with E-state index in [-0.39, 0.29) is 24.3 Å². The fraction of sp³-hybridized carbons (Fsp3) is 0.435. The summed E-state index contributed by atoms with van der Waals surface area (Å²) in [5.41, 5.74) is 1.13. The molecule has 0 atom stereocenters. The molecular formula is C23H27N3O3. The van der Waals surface area contributed by atoms with E-state index in [1.807, 2.05) is 29.2 Å². The van der Waals surface area contributed by atoms with E-state index in [1.54, 1.807) is 12.1 Å². The largest absolute Gasteiger partial charge is 0.340 e. The van der Waals surface area contributed by atoms with E-state index in [2.05, 4.69) is 11.8 Å². The lowest BCUT2D eigenvalue weighted by Gasteiger charge is -2.34. The molecule has 6 heteroatoms. The first-order valence-corrected chi connectivity index (χ1v) is 10.5. The van der Waals surface area contributed by atoms with Crippen LogP contribution in [0.5, 0.6) is 0 Å². The van der Waals surface area contributed by atoms with E-state index < -0.39 is 0 Å². The Bertz CT molecular complexity index is 897. The molecule has 0 aromatic heterocycles. The summed E-state index contributed by atoms with van der Waals surface area (Å²) in [5.74, 6) is -0.416. The number of carbonyl (C=O) groups is 3. The zero-order chi connectivity index (χ0) is 20.4. The monoisotopic (exact) mass is 393 g/mol. The smallest absolute Gasteiger partial charge is 0.261 e. The number of rotatable bonds is 6. The average Bonchev–Trinajstić information content (AvgIpc) is 2.75. The van der Waals surface area contributed by atoms with Crippen molar-refractivity contribution in [2.75, 3.05) is 39.3 Å². The first-order chi connectivity index (χ1) is 14.1. The number of nitrogens with zero attached hydrogens (tertiary/aromatic N) is 3. The molecule has 0 radical (unpaired) electrons. The Hall–Kier alpha value is -2.73. The fourth-order valence-corrected chi connectivity index (χ4v) is 4.37. The molecule has 152 valence electrons. The quantitative estimate of drug-likeness (QED) is 0.708. The molecule has 6 nitrogen and oxygen atoms in total. The van der Waals surface area contributed by atoms with E-state index >= 15 is 0 Å². The van der Waals surface area contributed by atoms with Gasteiger partial charge in [0.05, 0.1) is 0 Å². The predicted molar refractivity (Wildman–Crippen MR) is 112 cm³/mol. The van der Waals surface area contributed by atoms with Crippen molar-refractivity contribution in [1.29, 1.82) is 0 Å². The molecule has 0 unspecified atom stereocenters. The van der Waals surface area contributed by atoms with Crippen molar-refractivity contribution in [1.82, 2.24) is 14.7 Å². The number of benzene rings is 2. The summed E-state index contributed by atoms with van der Waals surface area (Å²) >= 11 is 0. The van der Waals surface area contributed by atoms with Crippen molar-refractivity contribution in [3.8, 4) is 0 Å². The molecule has 1 fully saturated rings. The lowest BCUT2D eigenvalue weighted by molar-refractivity contribution is -0.133. The maximum Gasteiger partial charge on any atom is 0.261 e. The lowest BCUT2D eigenvalue weighted by atomic mass is 9.94. The molecular weight excluding hydrogens is 366 g/mol. The van der Waals surface area contributed by atoms with Crippen LogP contribution in [0.2, 0.25) is 0 Å². The Labute approximate surface area is 171 Å². The summed E-state index contributed by atoms with van der Waals surface area (Å²) in [6.45, 7) is 6.87. The van der Waals surface area contributed by atoms with Gasteiger partial charge < -0.3 is 4.90 Å². The SMILES string of the molecule is CCCN1CCN(C(=O)CCCN2C(=O)c3cccc4cccc(c34)C2=O)CC1. The van der Waals surface area contributed by atoms with Crippen LogP contribution in [0.4, 0.5) is 0 Å². The maximum atomic E-state index is 12.9. The van der Waals surface area contributed by atoms with Gasteiger partial charge >= 0.3 is 0 Å². The number of piperazine rings is 1. The summed E-state index contributed by atoms with van der Waals surface area (Å²) in [5, 5.41) is 1.64. The molecule has 0 N–H and O–H groups in total. The minimum Gasteiger partial charge on any atom is -0.340 e. The van der Waals surface area contributed by atoms with Crippen molar-refractivity contribution in [3.63, 3.8) is 0 Å². The van der Waals surface area contributed by atoms with E-state index in [1.165, 1.54) is 4.90 Å². The van der Waals surface area contributed by atoms with E-state index in [0.717, 1.165) is 49.9 Å². The third kappa shape index (κ3) is 3.77. The van der Waals surface area contributed by atoms with Crippen LogP contribution in [0, 0.1) is 0 Å². The summed E-state index contributed by atoms with van der Waals surface area (Å²) in [6, 6.07) is 11.1. The normalized spacial score (nSPS) is 17.3. The number of hydrogen-bond acceptors (Lipinski definition) is 4. The standard InChI is InChI=1S/C23H27N3O3/c1-2-11-24-13-15-25(16-14-24)20(27)10-5-12-26-22(28)18-8-3-6-17-7-4-9-19(21(17)18)23(26)29/h3-4,6-9H,2,5,10-16H2,1H3. The summed E-state index contributed by atoms with van der Waals surface area (Å²) < 4.78 is 0. The number of imide groups is 1. The fourth-order valence-electron chi connectivity index (χ4n) is 4.37. The number of carbonyl (C=O) groups excluding carboxylic acids is 3. The topological polar surface area (TPSA) is 60.9 Å². The molecule has 0 spiro atoms. The maximum absolute atomic E-state index is 12.9. The summed E-state index contributed by atoms with van der Waals surface area (Å²) in [6.07, 6.45) is 1.98. The van der Waals surface area contributed by atoms with Gasteiger partial charge in [-0.3, -0.25) is 24.2 Å². The van der Waals surface area contributed by atoms with Crippen molar-refractivity contribution in [2.45, 2.75) is 26.2 Å². The zero-order valence-corrected chi connectivity index (χ0v) is 16.9. The Morgan fingerprint density at radius 2 is 1.52 bits per heavy atom. The molecule has 2 heterocycles. The Balaban J connectivity index is 1.37. The molecule has 0 saturated carbocycles. The van der Waals surface area contributed by atoms with Gasteiger partial charge in [0.25, 0.3) is 11.8 Å². The van der Waals surface area contributed by atoms with Crippen molar-refractivity contribution < 1.29 is 14.4 Å². The van der Waals surface area contributed by atoms with Gasteiger partial charge in [-0.25, -0.2) is 0 Å².